The number of anilines is 1. The first-order valence-electron chi connectivity index (χ1n) is 6.61. The minimum absolute atomic E-state index is 0.218. The molecule has 112 valence electrons. The van der Waals surface area contributed by atoms with E-state index in [4.69, 9.17) is 23.2 Å². The van der Waals surface area contributed by atoms with Crippen molar-refractivity contribution in [2.24, 2.45) is 0 Å². The summed E-state index contributed by atoms with van der Waals surface area (Å²) in [5, 5.41) is 1.18. The minimum Gasteiger partial charge on any atom is -0.369 e. The Hall–Kier alpha value is -0.490. The van der Waals surface area contributed by atoms with Gasteiger partial charge in [0, 0.05) is 41.9 Å². The third-order valence-electron chi connectivity index (χ3n) is 3.31. The first-order valence-corrected chi connectivity index (χ1v) is 8.98. The molecule has 1 aromatic carbocycles. The highest BCUT2D eigenvalue weighted by atomic mass is 35.5. The lowest BCUT2D eigenvalue weighted by atomic mass is 10.2. The zero-order valence-electron chi connectivity index (χ0n) is 11.3. The van der Waals surface area contributed by atoms with Gasteiger partial charge in [-0.05, 0) is 24.6 Å². The van der Waals surface area contributed by atoms with E-state index in [1.165, 1.54) is 0 Å². The molecule has 4 nitrogen and oxygen atoms in total. The van der Waals surface area contributed by atoms with E-state index in [0.717, 1.165) is 5.69 Å². The molecule has 0 radical (unpaired) electrons. The van der Waals surface area contributed by atoms with Crippen LogP contribution < -0.4 is 4.90 Å². The van der Waals surface area contributed by atoms with E-state index in [9.17, 15) is 8.42 Å². The molecular formula is C13H18Cl2N2O2S. The van der Waals surface area contributed by atoms with Crippen molar-refractivity contribution in [1.29, 1.82) is 0 Å². The Morgan fingerprint density at radius 1 is 1.05 bits per heavy atom. The van der Waals surface area contributed by atoms with Gasteiger partial charge < -0.3 is 4.90 Å². The van der Waals surface area contributed by atoms with E-state index in [-0.39, 0.29) is 5.75 Å². The lowest BCUT2D eigenvalue weighted by Gasteiger charge is -2.35. The maximum absolute atomic E-state index is 12.0. The summed E-state index contributed by atoms with van der Waals surface area (Å²) in [6, 6.07) is 5.39. The van der Waals surface area contributed by atoms with Crippen molar-refractivity contribution in [3.05, 3.63) is 28.2 Å². The largest absolute Gasteiger partial charge is 0.369 e. The average molecular weight is 337 g/mol. The second kappa shape index (κ2) is 6.52. The molecule has 1 aliphatic heterocycles. The van der Waals surface area contributed by atoms with Crippen molar-refractivity contribution in [2.45, 2.75) is 13.3 Å². The number of benzene rings is 1. The summed E-state index contributed by atoms with van der Waals surface area (Å²) in [5.74, 6) is 0.218. The first-order chi connectivity index (χ1) is 9.42. The van der Waals surface area contributed by atoms with Gasteiger partial charge in [-0.2, -0.15) is 4.31 Å². The molecular weight excluding hydrogens is 319 g/mol. The Morgan fingerprint density at radius 3 is 2.10 bits per heavy atom. The topological polar surface area (TPSA) is 40.6 Å². The van der Waals surface area contributed by atoms with Crippen LogP contribution in [0.5, 0.6) is 0 Å². The number of hydrogen-bond donors (Lipinski definition) is 0. The number of sulfonamides is 1. The molecule has 20 heavy (non-hydrogen) atoms. The molecule has 0 unspecified atom stereocenters. The number of piperazine rings is 1. The molecule has 0 N–H and O–H groups in total. The van der Waals surface area contributed by atoms with Gasteiger partial charge in [-0.25, -0.2) is 8.42 Å². The van der Waals surface area contributed by atoms with Gasteiger partial charge in [0.25, 0.3) is 0 Å². The maximum Gasteiger partial charge on any atom is 0.214 e. The van der Waals surface area contributed by atoms with E-state index in [0.29, 0.717) is 42.6 Å². The van der Waals surface area contributed by atoms with Crippen molar-refractivity contribution >= 4 is 38.9 Å². The Bertz CT molecular complexity index is 549. The van der Waals surface area contributed by atoms with Crippen LogP contribution in [-0.2, 0) is 10.0 Å². The molecule has 1 aliphatic rings. The molecule has 0 aromatic heterocycles. The fourth-order valence-electron chi connectivity index (χ4n) is 2.33. The summed E-state index contributed by atoms with van der Waals surface area (Å²) in [5.41, 5.74) is 0.940. The number of hydrogen-bond acceptors (Lipinski definition) is 3. The molecule has 7 heteroatoms. The smallest absolute Gasteiger partial charge is 0.214 e. The summed E-state index contributed by atoms with van der Waals surface area (Å²) in [6.45, 7) is 4.19. The lowest BCUT2D eigenvalue weighted by molar-refractivity contribution is 0.384. The van der Waals surface area contributed by atoms with Gasteiger partial charge in [0.05, 0.1) is 5.75 Å². The Morgan fingerprint density at radius 2 is 1.60 bits per heavy atom. The Kier molecular flexibility index (Phi) is 5.18. The number of nitrogens with zero attached hydrogens (tertiary/aromatic N) is 2. The van der Waals surface area contributed by atoms with Crippen molar-refractivity contribution in [2.75, 3.05) is 36.8 Å². The molecule has 1 fully saturated rings. The normalized spacial score (nSPS) is 17.4. The van der Waals surface area contributed by atoms with Crippen LogP contribution in [0.15, 0.2) is 18.2 Å². The first kappa shape index (κ1) is 15.9. The molecule has 0 atom stereocenters. The van der Waals surface area contributed by atoms with Crippen LogP contribution in [0.4, 0.5) is 5.69 Å². The predicted octanol–water partition coefficient (Wildman–Crippen LogP) is 2.86. The zero-order valence-corrected chi connectivity index (χ0v) is 13.7. The predicted molar refractivity (Wildman–Crippen MR) is 84.3 cm³/mol. The third-order valence-corrected chi connectivity index (χ3v) is 5.82. The van der Waals surface area contributed by atoms with Crippen LogP contribution in [0.2, 0.25) is 10.0 Å². The Labute approximate surface area is 130 Å². The molecule has 1 aromatic rings. The lowest BCUT2D eigenvalue weighted by Crippen LogP contribution is -2.49. The van der Waals surface area contributed by atoms with Crippen LogP contribution in [0.1, 0.15) is 13.3 Å². The third kappa shape index (κ3) is 3.79. The maximum atomic E-state index is 12.0. The molecule has 1 saturated heterocycles. The summed E-state index contributed by atoms with van der Waals surface area (Å²) in [6.07, 6.45) is 0.645. The SMILES string of the molecule is CCCS(=O)(=O)N1CCN(c2cc(Cl)cc(Cl)c2)CC1. The molecule has 0 amide bonds. The standard InChI is InChI=1S/C13H18Cl2N2O2S/c1-2-7-20(18,19)17-5-3-16(4-6-17)13-9-11(14)8-12(15)10-13/h8-10H,2-7H2,1H3. The van der Waals surface area contributed by atoms with E-state index in [1.54, 1.807) is 10.4 Å². The van der Waals surface area contributed by atoms with E-state index < -0.39 is 10.0 Å². The second-order valence-electron chi connectivity index (χ2n) is 4.83. The van der Waals surface area contributed by atoms with Crippen LogP contribution in [0.3, 0.4) is 0 Å². The molecule has 0 saturated carbocycles. The minimum atomic E-state index is -3.10. The molecule has 2 rings (SSSR count). The van der Waals surface area contributed by atoms with Gasteiger partial charge >= 0.3 is 0 Å². The van der Waals surface area contributed by atoms with Crippen LogP contribution in [0.25, 0.3) is 0 Å². The highest BCUT2D eigenvalue weighted by molar-refractivity contribution is 7.89. The van der Waals surface area contributed by atoms with E-state index >= 15 is 0 Å². The second-order valence-corrected chi connectivity index (χ2v) is 7.79. The van der Waals surface area contributed by atoms with Crippen molar-refractivity contribution in [1.82, 2.24) is 4.31 Å². The summed E-state index contributed by atoms with van der Waals surface area (Å²) >= 11 is 12.0. The molecule has 1 heterocycles. The summed E-state index contributed by atoms with van der Waals surface area (Å²) in [4.78, 5) is 2.11. The highest BCUT2D eigenvalue weighted by Gasteiger charge is 2.26. The molecule has 0 aliphatic carbocycles. The fraction of sp³-hybridized carbons (Fsp3) is 0.538. The number of halogens is 2. The summed E-state index contributed by atoms with van der Waals surface area (Å²) in [7, 11) is -3.10. The highest BCUT2D eigenvalue weighted by Crippen LogP contribution is 2.26. The Balaban J connectivity index is 2.04. The van der Waals surface area contributed by atoms with Gasteiger partial charge in [-0.1, -0.05) is 30.1 Å². The van der Waals surface area contributed by atoms with Gasteiger partial charge in [0.15, 0.2) is 0 Å². The van der Waals surface area contributed by atoms with Gasteiger partial charge in [-0.3, -0.25) is 0 Å². The van der Waals surface area contributed by atoms with Gasteiger partial charge in [0.2, 0.25) is 10.0 Å². The summed E-state index contributed by atoms with van der Waals surface area (Å²) < 4.78 is 25.6. The fourth-order valence-corrected chi connectivity index (χ4v) is 4.34. The molecule has 0 spiro atoms. The average Bonchev–Trinajstić information content (AvgIpc) is 2.38. The van der Waals surface area contributed by atoms with Gasteiger partial charge in [0.1, 0.15) is 0 Å². The van der Waals surface area contributed by atoms with Crippen LogP contribution >= 0.6 is 23.2 Å². The quantitative estimate of drug-likeness (QED) is 0.848. The van der Waals surface area contributed by atoms with Crippen LogP contribution in [0, 0.1) is 0 Å². The van der Waals surface area contributed by atoms with Crippen molar-refractivity contribution in [3.63, 3.8) is 0 Å². The van der Waals surface area contributed by atoms with Gasteiger partial charge in [-0.15, -0.1) is 0 Å². The van der Waals surface area contributed by atoms with Crippen molar-refractivity contribution < 1.29 is 8.42 Å². The van der Waals surface area contributed by atoms with Crippen LogP contribution in [-0.4, -0.2) is 44.7 Å². The van der Waals surface area contributed by atoms with E-state index in [1.807, 2.05) is 19.1 Å². The van der Waals surface area contributed by atoms with E-state index in [2.05, 4.69) is 4.90 Å². The van der Waals surface area contributed by atoms with Crippen molar-refractivity contribution in [3.8, 4) is 0 Å². The zero-order chi connectivity index (χ0) is 14.8. The molecule has 0 bridgehead atoms. The number of rotatable bonds is 4. The monoisotopic (exact) mass is 336 g/mol.